The van der Waals surface area contributed by atoms with Gasteiger partial charge >= 0.3 is 6.09 Å². The third-order valence-corrected chi connectivity index (χ3v) is 9.04. The fourth-order valence-electron chi connectivity index (χ4n) is 6.90. The molecule has 1 saturated heterocycles. The Balaban J connectivity index is 1.18. The third-order valence-electron chi connectivity index (χ3n) is 9.04. The summed E-state index contributed by atoms with van der Waals surface area (Å²) in [7, 11) is 0. The van der Waals surface area contributed by atoms with Crippen LogP contribution in [0.25, 0.3) is 0 Å². The largest absolute Gasteiger partial charge is 0.445 e. The molecule has 1 amide bonds. The zero-order valence-corrected chi connectivity index (χ0v) is 25.6. The number of carbonyl (C=O) groups excluding carboxylic acids is 1. The second kappa shape index (κ2) is 14.8. The molecule has 0 aromatic heterocycles. The van der Waals surface area contributed by atoms with Gasteiger partial charge in [0.1, 0.15) is 6.61 Å². The number of hydrogen-bond donors (Lipinski definition) is 0. The van der Waals surface area contributed by atoms with Crippen LogP contribution in [0.2, 0.25) is 0 Å². The Hall–Kier alpha value is -3.15. The highest BCUT2D eigenvalue weighted by Gasteiger charge is 2.38. The molecule has 1 aliphatic heterocycles. The van der Waals surface area contributed by atoms with Crippen molar-refractivity contribution in [1.29, 1.82) is 0 Å². The number of hydrogen-bond acceptors (Lipinski definition) is 4. The predicted octanol–water partition coefficient (Wildman–Crippen LogP) is 8.09. The van der Waals surface area contributed by atoms with Crippen molar-refractivity contribution >= 4 is 6.09 Å². The Labute approximate surface area is 252 Å². The lowest BCUT2D eigenvalue weighted by Gasteiger charge is -2.40. The molecule has 5 rings (SSSR count). The summed E-state index contributed by atoms with van der Waals surface area (Å²) >= 11 is 0. The molecule has 0 radical (unpaired) electrons. The molecule has 1 aliphatic carbocycles. The average molecular weight is 569 g/mol. The maximum atomic E-state index is 13.2. The summed E-state index contributed by atoms with van der Waals surface area (Å²) < 4.78 is 12.4. The number of piperidine rings is 1. The first-order chi connectivity index (χ1) is 20.5. The van der Waals surface area contributed by atoms with Gasteiger partial charge < -0.3 is 19.3 Å². The van der Waals surface area contributed by atoms with Gasteiger partial charge in [-0.05, 0) is 67.1 Å². The molecule has 3 aromatic carbocycles. The lowest BCUT2D eigenvalue weighted by Crippen LogP contribution is -2.49. The van der Waals surface area contributed by atoms with Crippen molar-refractivity contribution in [2.24, 2.45) is 11.8 Å². The smallest absolute Gasteiger partial charge is 0.410 e. The van der Waals surface area contributed by atoms with E-state index in [9.17, 15) is 4.79 Å². The van der Waals surface area contributed by atoms with Crippen molar-refractivity contribution in [3.05, 3.63) is 108 Å². The van der Waals surface area contributed by atoms with Gasteiger partial charge in [0.05, 0.1) is 12.2 Å². The first kappa shape index (κ1) is 30.3. The number of carbonyl (C=O) groups is 1. The van der Waals surface area contributed by atoms with E-state index in [0.717, 1.165) is 57.4 Å². The molecule has 0 bridgehead atoms. The van der Waals surface area contributed by atoms with Gasteiger partial charge in [0.15, 0.2) is 0 Å². The minimum atomic E-state index is -0.182. The summed E-state index contributed by atoms with van der Waals surface area (Å²) in [5.74, 6) is 1.45. The third kappa shape index (κ3) is 8.23. The second-order valence-corrected chi connectivity index (χ2v) is 12.7. The van der Waals surface area contributed by atoms with Crippen molar-refractivity contribution in [2.45, 2.75) is 77.2 Å². The minimum Gasteiger partial charge on any atom is -0.445 e. The topological polar surface area (TPSA) is 42.0 Å². The van der Waals surface area contributed by atoms with Crippen LogP contribution in [0, 0.1) is 11.8 Å². The normalized spacial score (nSPS) is 22.2. The Morgan fingerprint density at radius 3 is 2.12 bits per heavy atom. The van der Waals surface area contributed by atoms with Crippen molar-refractivity contribution in [2.75, 3.05) is 26.2 Å². The molecular formula is C37H48N2O3. The van der Waals surface area contributed by atoms with Crippen molar-refractivity contribution < 1.29 is 14.3 Å². The van der Waals surface area contributed by atoms with E-state index in [1.807, 2.05) is 35.2 Å². The van der Waals surface area contributed by atoms with Crippen LogP contribution in [-0.2, 0) is 16.1 Å². The van der Waals surface area contributed by atoms with Crippen molar-refractivity contribution in [1.82, 2.24) is 9.80 Å². The number of benzene rings is 3. The van der Waals surface area contributed by atoms with Gasteiger partial charge in [-0.2, -0.15) is 0 Å². The van der Waals surface area contributed by atoms with Crippen LogP contribution < -0.4 is 0 Å². The first-order valence-corrected chi connectivity index (χ1v) is 15.9. The molecule has 42 heavy (non-hydrogen) atoms. The van der Waals surface area contributed by atoms with E-state index >= 15 is 0 Å². The van der Waals surface area contributed by atoms with Crippen LogP contribution in [0.15, 0.2) is 91.0 Å². The zero-order valence-electron chi connectivity index (χ0n) is 25.6. The van der Waals surface area contributed by atoms with Gasteiger partial charge in [0.25, 0.3) is 0 Å². The van der Waals surface area contributed by atoms with E-state index in [2.05, 4.69) is 86.3 Å². The molecule has 3 aromatic rings. The maximum Gasteiger partial charge on any atom is 0.410 e. The van der Waals surface area contributed by atoms with E-state index in [4.69, 9.17) is 9.47 Å². The highest BCUT2D eigenvalue weighted by Crippen LogP contribution is 2.43. The van der Waals surface area contributed by atoms with Crippen molar-refractivity contribution in [3.8, 4) is 0 Å². The standard InChI is InChI=1S/C37H48N2O3/c1-28(2)25-39(37(40)41-27-30-13-7-4-8-14-30)34-19-21-38(22-20-34)26-33-23-35(24-36(33)32-17-11-6-12-18-32)42-29(3)31-15-9-5-10-16-31/h4-18,28-29,33-36H,19-27H2,1-3H3. The Bertz CT molecular complexity index is 1210. The highest BCUT2D eigenvalue weighted by atomic mass is 16.6. The molecule has 0 N–H and O–H groups in total. The monoisotopic (exact) mass is 568 g/mol. The SMILES string of the molecule is CC(C)CN(C(=O)OCc1ccccc1)C1CCN(CC2CC(OC(C)c3ccccc3)CC2c2ccccc2)CC1. The summed E-state index contributed by atoms with van der Waals surface area (Å²) in [6.45, 7) is 10.7. The molecule has 1 saturated carbocycles. The summed E-state index contributed by atoms with van der Waals surface area (Å²) in [4.78, 5) is 17.8. The molecule has 4 atom stereocenters. The van der Waals surface area contributed by atoms with Crippen LogP contribution in [0.5, 0.6) is 0 Å². The van der Waals surface area contributed by atoms with Gasteiger partial charge in [-0.25, -0.2) is 4.79 Å². The van der Waals surface area contributed by atoms with Crippen LogP contribution in [0.4, 0.5) is 4.79 Å². The molecule has 1 heterocycles. The molecule has 2 aliphatic rings. The zero-order chi connectivity index (χ0) is 29.3. The molecule has 4 unspecified atom stereocenters. The van der Waals surface area contributed by atoms with E-state index in [-0.39, 0.29) is 24.3 Å². The lowest BCUT2D eigenvalue weighted by atomic mass is 9.88. The summed E-state index contributed by atoms with van der Waals surface area (Å²) in [6.07, 6.45) is 4.30. The fraction of sp³-hybridized carbons (Fsp3) is 0.486. The minimum absolute atomic E-state index is 0.0932. The first-order valence-electron chi connectivity index (χ1n) is 15.9. The number of nitrogens with zero attached hydrogens (tertiary/aromatic N) is 2. The van der Waals surface area contributed by atoms with E-state index in [0.29, 0.717) is 24.4 Å². The van der Waals surface area contributed by atoms with Gasteiger partial charge in [-0.3, -0.25) is 0 Å². The molecule has 5 nitrogen and oxygen atoms in total. The molecule has 2 fully saturated rings. The van der Waals surface area contributed by atoms with Gasteiger partial charge in [-0.15, -0.1) is 0 Å². The van der Waals surface area contributed by atoms with Crippen LogP contribution >= 0.6 is 0 Å². The maximum absolute atomic E-state index is 13.2. The summed E-state index contributed by atoms with van der Waals surface area (Å²) in [5.41, 5.74) is 3.70. The lowest BCUT2D eigenvalue weighted by molar-refractivity contribution is -0.00280. The van der Waals surface area contributed by atoms with Gasteiger partial charge in [0, 0.05) is 32.2 Å². The highest BCUT2D eigenvalue weighted by molar-refractivity contribution is 5.68. The quantitative estimate of drug-likeness (QED) is 0.234. The summed E-state index contributed by atoms with van der Waals surface area (Å²) in [6, 6.07) is 31.8. The average Bonchev–Trinajstić information content (AvgIpc) is 3.42. The van der Waals surface area contributed by atoms with Crippen LogP contribution in [0.1, 0.15) is 75.2 Å². The second-order valence-electron chi connectivity index (χ2n) is 12.7. The van der Waals surface area contributed by atoms with E-state index in [1.165, 1.54) is 11.1 Å². The van der Waals surface area contributed by atoms with Crippen molar-refractivity contribution in [3.63, 3.8) is 0 Å². The Kier molecular flexibility index (Phi) is 10.7. The molecule has 224 valence electrons. The molecule has 5 heteroatoms. The van der Waals surface area contributed by atoms with Crippen LogP contribution in [-0.4, -0.2) is 54.2 Å². The van der Waals surface area contributed by atoms with Gasteiger partial charge in [0.2, 0.25) is 0 Å². The van der Waals surface area contributed by atoms with E-state index in [1.54, 1.807) is 0 Å². The number of rotatable bonds is 11. The Morgan fingerprint density at radius 2 is 1.48 bits per heavy atom. The molecule has 0 spiro atoms. The number of amides is 1. The number of likely N-dealkylation sites (tertiary alicyclic amines) is 1. The number of ether oxygens (including phenoxy) is 2. The summed E-state index contributed by atoms with van der Waals surface area (Å²) in [5, 5.41) is 0. The Morgan fingerprint density at radius 1 is 0.857 bits per heavy atom. The van der Waals surface area contributed by atoms with Crippen LogP contribution in [0.3, 0.4) is 0 Å². The van der Waals surface area contributed by atoms with Gasteiger partial charge in [-0.1, -0.05) is 105 Å². The van der Waals surface area contributed by atoms with E-state index < -0.39 is 0 Å². The predicted molar refractivity (Wildman–Crippen MR) is 169 cm³/mol. The fourth-order valence-corrected chi connectivity index (χ4v) is 6.90. The molecular weight excluding hydrogens is 520 g/mol.